The molecular weight excluding hydrogens is 563 g/mol. The van der Waals surface area contributed by atoms with Crippen molar-refractivity contribution in [2.24, 2.45) is 11.3 Å². The first kappa shape index (κ1) is 29.9. The molecule has 1 amide bonds. The molecule has 3 N–H and O–H groups in total. The number of anilines is 3. The minimum Gasteiger partial charge on any atom is -0.495 e. The third-order valence-electron chi connectivity index (χ3n) is 6.95. The van der Waals surface area contributed by atoms with Crippen LogP contribution in [-0.4, -0.2) is 37.0 Å². The molecule has 3 aromatic rings. The highest BCUT2D eigenvalue weighted by molar-refractivity contribution is 8.00. The summed E-state index contributed by atoms with van der Waals surface area (Å²) in [6.45, 7) is 6.77. The van der Waals surface area contributed by atoms with Gasteiger partial charge in [-0.05, 0) is 78.7 Å². The number of esters is 1. The molecule has 10 heteroatoms. The van der Waals surface area contributed by atoms with Gasteiger partial charge >= 0.3 is 5.97 Å². The molecule has 1 atom stereocenters. The van der Waals surface area contributed by atoms with E-state index in [2.05, 4.69) is 36.7 Å². The van der Waals surface area contributed by atoms with Gasteiger partial charge in [0.1, 0.15) is 10.8 Å². The van der Waals surface area contributed by atoms with E-state index in [1.807, 2.05) is 48.5 Å². The quantitative estimate of drug-likeness (QED) is 0.142. The minimum atomic E-state index is -0.397. The fourth-order valence-electron chi connectivity index (χ4n) is 4.74. The van der Waals surface area contributed by atoms with Crippen LogP contribution in [0.15, 0.2) is 53.4 Å². The Bertz CT molecular complexity index is 1400. The Morgan fingerprint density at radius 1 is 1.07 bits per heavy atom. The molecule has 212 valence electrons. The third-order valence-corrected chi connectivity index (χ3v) is 9.32. The fourth-order valence-corrected chi connectivity index (χ4v) is 7.05. The Labute approximate surface area is 249 Å². The average Bonchev–Trinajstić information content (AvgIpc) is 3.28. The van der Waals surface area contributed by atoms with Crippen molar-refractivity contribution in [1.82, 2.24) is 0 Å². The zero-order chi connectivity index (χ0) is 28.9. The van der Waals surface area contributed by atoms with Crippen LogP contribution in [0.4, 0.5) is 16.4 Å². The average molecular weight is 598 g/mol. The van der Waals surface area contributed by atoms with Crippen molar-refractivity contribution in [1.29, 1.82) is 0 Å². The molecule has 1 heterocycles. The number of hydrogen-bond acceptors (Lipinski definition) is 7. The summed E-state index contributed by atoms with van der Waals surface area (Å²) in [6, 6.07) is 15.2. The van der Waals surface area contributed by atoms with Gasteiger partial charge in [0.25, 0.3) is 0 Å². The van der Waals surface area contributed by atoms with Gasteiger partial charge in [0.2, 0.25) is 5.91 Å². The van der Waals surface area contributed by atoms with Crippen molar-refractivity contribution in [3.05, 3.63) is 64.5 Å². The van der Waals surface area contributed by atoms with Crippen LogP contribution in [0.5, 0.6) is 5.75 Å². The monoisotopic (exact) mass is 597 g/mol. The van der Waals surface area contributed by atoms with Crippen LogP contribution in [0.2, 0.25) is 0 Å². The molecule has 1 aliphatic rings. The number of amides is 1. The van der Waals surface area contributed by atoms with Crippen LogP contribution in [-0.2, 0) is 22.4 Å². The summed E-state index contributed by atoms with van der Waals surface area (Å²) < 4.78 is 10.4. The molecule has 1 aromatic heterocycles. The number of ether oxygens (including phenoxy) is 2. The van der Waals surface area contributed by atoms with Crippen LogP contribution in [0.25, 0.3) is 0 Å². The van der Waals surface area contributed by atoms with E-state index in [1.165, 1.54) is 35.1 Å². The molecule has 0 radical (unpaired) electrons. The number of carbonyl (C=O) groups excluding carboxylic acids is 2. The lowest BCUT2D eigenvalue weighted by atomic mass is 9.72. The maximum absolute atomic E-state index is 13.0. The summed E-state index contributed by atoms with van der Waals surface area (Å²) in [7, 11) is 2.99. The number of hydrogen-bond donors (Lipinski definition) is 3. The van der Waals surface area contributed by atoms with Crippen molar-refractivity contribution < 1.29 is 19.1 Å². The molecule has 0 bridgehead atoms. The number of methoxy groups -OCH3 is 2. The number of thioether (sulfide) groups is 1. The summed E-state index contributed by atoms with van der Waals surface area (Å²) >= 11 is 8.39. The highest BCUT2D eigenvalue weighted by Crippen LogP contribution is 2.44. The summed E-state index contributed by atoms with van der Waals surface area (Å²) in [6.07, 6.45) is 2.74. The van der Waals surface area contributed by atoms with Gasteiger partial charge in [-0.15, -0.1) is 23.1 Å². The number of rotatable bonds is 8. The molecule has 0 spiro atoms. The molecule has 4 rings (SSSR count). The normalized spacial score (nSPS) is 14.6. The first-order valence-electron chi connectivity index (χ1n) is 13.1. The second-order valence-corrected chi connectivity index (χ2v) is 13.2. The second kappa shape index (κ2) is 13.1. The van der Waals surface area contributed by atoms with Crippen LogP contribution in [0.3, 0.4) is 0 Å². The van der Waals surface area contributed by atoms with E-state index < -0.39 is 5.97 Å². The van der Waals surface area contributed by atoms with Gasteiger partial charge in [0, 0.05) is 15.5 Å². The van der Waals surface area contributed by atoms with Gasteiger partial charge in [0.05, 0.1) is 31.2 Å². The lowest BCUT2D eigenvalue weighted by molar-refractivity contribution is -0.113. The zero-order valence-corrected chi connectivity index (χ0v) is 25.8. The van der Waals surface area contributed by atoms with Crippen LogP contribution in [0.1, 0.15) is 48.0 Å². The Morgan fingerprint density at radius 3 is 2.58 bits per heavy atom. The van der Waals surface area contributed by atoms with E-state index in [-0.39, 0.29) is 17.1 Å². The summed E-state index contributed by atoms with van der Waals surface area (Å²) in [5.41, 5.74) is 3.28. The van der Waals surface area contributed by atoms with E-state index in [1.54, 1.807) is 7.11 Å². The molecule has 1 unspecified atom stereocenters. The van der Waals surface area contributed by atoms with E-state index >= 15 is 0 Å². The van der Waals surface area contributed by atoms with E-state index in [0.717, 1.165) is 41.1 Å². The second-order valence-electron chi connectivity index (χ2n) is 10.6. The first-order chi connectivity index (χ1) is 19.1. The molecule has 7 nitrogen and oxygen atoms in total. The first-order valence-corrected chi connectivity index (χ1v) is 15.3. The number of benzene rings is 2. The predicted molar refractivity (Wildman–Crippen MR) is 169 cm³/mol. The Kier molecular flexibility index (Phi) is 9.76. The number of carbonyl (C=O) groups is 2. The van der Waals surface area contributed by atoms with Crippen LogP contribution < -0.4 is 20.7 Å². The summed E-state index contributed by atoms with van der Waals surface area (Å²) in [5.74, 6) is 0.847. The SMILES string of the molecule is COC(=O)c1c(NC(=O)CSc2cccc(NC(=S)Nc3ccccc3OC)c2)sc2c1CCC(C(C)(C)C)C2. The van der Waals surface area contributed by atoms with Gasteiger partial charge in [-0.25, -0.2) is 4.79 Å². The Balaban J connectivity index is 1.38. The van der Waals surface area contributed by atoms with Crippen LogP contribution >= 0.6 is 35.3 Å². The molecule has 0 fully saturated rings. The Morgan fingerprint density at radius 2 is 1.85 bits per heavy atom. The zero-order valence-electron chi connectivity index (χ0n) is 23.4. The van der Waals surface area contributed by atoms with Crippen molar-refractivity contribution >= 4 is 68.7 Å². The minimum absolute atomic E-state index is 0.173. The van der Waals surface area contributed by atoms with Gasteiger partial charge in [-0.2, -0.15) is 0 Å². The number of para-hydroxylation sites is 2. The number of nitrogens with one attached hydrogen (secondary N) is 3. The van der Waals surface area contributed by atoms with Crippen molar-refractivity contribution in [2.45, 2.75) is 44.9 Å². The predicted octanol–water partition coefficient (Wildman–Crippen LogP) is 7.23. The fraction of sp³-hybridized carbons (Fsp3) is 0.367. The number of fused-ring (bicyclic) bond motifs is 1. The van der Waals surface area contributed by atoms with Gasteiger partial charge in [-0.1, -0.05) is 39.0 Å². The standard InChI is InChI=1S/C30H35N3O4S3/c1-30(2,3)18-13-14-21-24(15-18)40-27(26(21)28(35)37-5)33-25(34)17-39-20-10-8-9-19(16-20)31-29(38)32-22-11-6-7-12-23(22)36-4/h6-12,16,18H,13-15,17H2,1-5H3,(H,33,34)(H2,31,32,38). The topological polar surface area (TPSA) is 88.7 Å². The van der Waals surface area contributed by atoms with Gasteiger partial charge in [-0.3, -0.25) is 4.79 Å². The van der Waals surface area contributed by atoms with E-state index in [4.69, 9.17) is 21.7 Å². The smallest absolute Gasteiger partial charge is 0.341 e. The maximum atomic E-state index is 13.0. The molecule has 0 saturated carbocycles. The summed E-state index contributed by atoms with van der Waals surface area (Å²) in [4.78, 5) is 27.7. The van der Waals surface area contributed by atoms with Crippen molar-refractivity contribution in [3.63, 3.8) is 0 Å². The lowest BCUT2D eigenvalue weighted by Gasteiger charge is -2.33. The molecular formula is C30H35N3O4S3. The van der Waals surface area contributed by atoms with Crippen LogP contribution in [0, 0.1) is 11.3 Å². The summed E-state index contributed by atoms with van der Waals surface area (Å²) in [5, 5.41) is 10.3. The molecule has 40 heavy (non-hydrogen) atoms. The van der Waals surface area contributed by atoms with E-state index in [0.29, 0.717) is 27.3 Å². The van der Waals surface area contributed by atoms with Crippen molar-refractivity contribution in [2.75, 3.05) is 35.9 Å². The largest absolute Gasteiger partial charge is 0.495 e. The lowest BCUT2D eigenvalue weighted by Crippen LogP contribution is -2.26. The molecule has 0 aliphatic heterocycles. The van der Waals surface area contributed by atoms with Gasteiger partial charge < -0.3 is 25.4 Å². The maximum Gasteiger partial charge on any atom is 0.341 e. The number of thiocarbonyl (C=S) groups is 1. The highest BCUT2D eigenvalue weighted by Gasteiger charge is 2.34. The van der Waals surface area contributed by atoms with Crippen molar-refractivity contribution in [3.8, 4) is 5.75 Å². The Hall–Kier alpha value is -3.08. The molecule has 1 aliphatic carbocycles. The highest BCUT2D eigenvalue weighted by atomic mass is 32.2. The van der Waals surface area contributed by atoms with E-state index in [9.17, 15) is 9.59 Å². The van der Waals surface area contributed by atoms with Gasteiger partial charge in [0.15, 0.2) is 5.11 Å². The molecule has 2 aromatic carbocycles. The molecule has 0 saturated heterocycles. The number of thiophene rings is 1. The third kappa shape index (κ3) is 7.35.